The molecule has 0 heterocycles. The number of nitrogens with zero attached hydrogens (tertiary/aromatic N) is 2. The van der Waals surface area contributed by atoms with Gasteiger partial charge in [0.2, 0.25) is 0 Å². The average Bonchev–Trinajstić information content (AvgIpc) is 1.62. The van der Waals surface area contributed by atoms with Crippen molar-refractivity contribution in [1.82, 2.24) is 0 Å². The van der Waals surface area contributed by atoms with Crippen LogP contribution in [0.15, 0.2) is 291 Å². The van der Waals surface area contributed by atoms with Gasteiger partial charge in [-0.2, -0.15) is 0 Å². The number of hydrogen-bond donors (Lipinski definition) is 0. The summed E-state index contributed by atoms with van der Waals surface area (Å²) in [5, 5.41) is 9.85. The lowest BCUT2D eigenvalue weighted by atomic mass is 9.81. The molecule has 0 saturated carbocycles. The molecule has 0 N–H and O–H groups in total. The van der Waals surface area contributed by atoms with E-state index >= 15 is 0 Å². The molecule has 2 aliphatic carbocycles. The molecule has 0 aromatic heterocycles. The zero-order valence-corrected chi connectivity index (χ0v) is 49.9. The van der Waals surface area contributed by atoms with Crippen LogP contribution in [-0.4, -0.2) is 0 Å². The summed E-state index contributed by atoms with van der Waals surface area (Å²) in [7, 11) is 0. The van der Waals surface area contributed by atoms with Gasteiger partial charge in [-0.3, -0.25) is 0 Å². The van der Waals surface area contributed by atoms with Gasteiger partial charge in [0.15, 0.2) is 0 Å². The Labute approximate surface area is 515 Å². The quantitative estimate of drug-likeness (QED) is 0.119. The van der Waals surface area contributed by atoms with Crippen molar-refractivity contribution < 1.29 is 0 Å². The van der Waals surface area contributed by atoms with Crippen LogP contribution in [0.2, 0.25) is 0 Å². The van der Waals surface area contributed by atoms with Crippen molar-refractivity contribution in [3.8, 4) is 33.4 Å². The van der Waals surface area contributed by atoms with Crippen molar-refractivity contribution in [3.05, 3.63) is 336 Å². The molecule has 2 aliphatic rings. The van der Waals surface area contributed by atoms with Crippen LogP contribution in [0.1, 0.15) is 72.2 Å². The highest BCUT2D eigenvalue weighted by atomic mass is 15.1. The SMILES string of the molecule is CC1(C)c2cc(/C=C/c3ccc(-c4ccc(/C=C/c5ccc6c(c5)C(C)(C)c5cc(N(c7ccc8ccccc8c7)c7ccc8ccccc8c7)ccc5-6)cc4)cc3)ccc2-c2ccc(N(c3ccc4ccccc4c3)c3ccc4ccccc4c3)cc21. The third-order valence-electron chi connectivity index (χ3n) is 18.9. The van der Waals surface area contributed by atoms with Crippen LogP contribution in [0.3, 0.4) is 0 Å². The molecule has 0 fully saturated rings. The number of fused-ring (bicyclic) bond motifs is 10. The molecule has 0 saturated heterocycles. The molecule has 0 unspecified atom stereocenters. The Bertz CT molecular complexity index is 4670. The van der Waals surface area contributed by atoms with Gasteiger partial charge in [0.1, 0.15) is 0 Å². The summed E-state index contributed by atoms with van der Waals surface area (Å²) in [6, 6.07) is 108. The number of anilines is 6. The maximum Gasteiger partial charge on any atom is 0.0468 e. The fourth-order valence-corrected chi connectivity index (χ4v) is 14.1. The standard InChI is InChI=1S/C86H64N2/c1-85(2)81-49-59(29-45-77(81)79-47-43-75(55-83(79)85)87(71-39-35-61-13-5-9-17-67(61)51-71)72-40-36-62-14-6-10-18-68(62)52-72)23-21-57-25-31-65(32-26-57)66-33-27-58(28-34-66)22-24-60-30-46-78-80-48-44-76(56-84(80)86(3,4)82(78)50-60)88(73-41-37-63-15-7-11-19-69(63)53-73)74-42-38-64-16-8-12-20-70(64)54-74/h5-56H,1-4H3/b23-21+,24-22+. The third-order valence-corrected chi connectivity index (χ3v) is 18.9. The van der Waals surface area contributed by atoms with E-state index in [4.69, 9.17) is 0 Å². The molecular formula is C86H64N2. The highest BCUT2D eigenvalue weighted by molar-refractivity contribution is 5.97. The largest absolute Gasteiger partial charge is 0.310 e. The number of benzene rings is 14. The van der Waals surface area contributed by atoms with Crippen molar-refractivity contribution in [2.45, 2.75) is 38.5 Å². The van der Waals surface area contributed by atoms with Crippen LogP contribution < -0.4 is 9.80 Å². The van der Waals surface area contributed by atoms with Crippen LogP contribution in [-0.2, 0) is 10.8 Å². The van der Waals surface area contributed by atoms with Crippen LogP contribution in [0.5, 0.6) is 0 Å². The monoisotopic (exact) mass is 1120 g/mol. The predicted molar refractivity (Wildman–Crippen MR) is 377 cm³/mol. The molecule has 0 atom stereocenters. The molecule has 0 radical (unpaired) electrons. The van der Waals surface area contributed by atoms with Crippen molar-refractivity contribution in [2.24, 2.45) is 0 Å². The van der Waals surface area contributed by atoms with E-state index in [1.54, 1.807) is 0 Å². The molecule has 2 nitrogen and oxygen atoms in total. The number of hydrogen-bond acceptors (Lipinski definition) is 2. The Hall–Kier alpha value is -10.8. The Morgan fingerprint density at radius 2 is 0.455 bits per heavy atom. The zero-order valence-electron chi connectivity index (χ0n) is 49.9. The first-order valence-corrected chi connectivity index (χ1v) is 30.8. The van der Waals surface area contributed by atoms with Gasteiger partial charge < -0.3 is 9.80 Å². The van der Waals surface area contributed by atoms with Crippen LogP contribution in [0.25, 0.3) is 101 Å². The lowest BCUT2D eigenvalue weighted by molar-refractivity contribution is 0.660. The second-order valence-electron chi connectivity index (χ2n) is 25.0. The summed E-state index contributed by atoms with van der Waals surface area (Å²) < 4.78 is 0. The van der Waals surface area contributed by atoms with Crippen molar-refractivity contribution in [2.75, 3.05) is 9.80 Å². The minimum absolute atomic E-state index is 0.196. The van der Waals surface area contributed by atoms with Crippen molar-refractivity contribution in [3.63, 3.8) is 0 Å². The fraction of sp³-hybridized carbons (Fsp3) is 0.0698. The topological polar surface area (TPSA) is 6.48 Å². The van der Waals surface area contributed by atoms with Gasteiger partial charge >= 0.3 is 0 Å². The van der Waals surface area contributed by atoms with Crippen molar-refractivity contribution in [1.29, 1.82) is 0 Å². The Morgan fingerprint density at radius 1 is 0.216 bits per heavy atom. The van der Waals surface area contributed by atoms with Gasteiger partial charge in [0.25, 0.3) is 0 Å². The van der Waals surface area contributed by atoms with E-state index in [2.05, 4.69) is 353 Å². The maximum absolute atomic E-state index is 2.43. The fourth-order valence-electron chi connectivity index (χ4n) is 14.1. The lowest BCUT2D eigenvalue weighted by Gasteiger charge is -2.28. The molecular weight excluding hydrogens is 1060 g/mol. The Morgan fingerprint density at radius 3 is 0.773 bits per heavy atom. The summed E-state index contributed by atoms with van der Waals surface area (Å²) in [6.07, 6.45) is 8.99. The predicted octanol–water partition coefficient (Wildman–Crippen LogP) is 23.9. The van der Waals surface area contributed by atoms with Gasteiger partial charge in [0.05, 0.1) is 0 Å². The second-order valence-corrected chi connectivity index (χ2v) is 25.0. The molecule has 14 aromatic carbocycles. The number of rotatable bonds is 11. The summed E-state index contributed by atoms with van der Waals surface area (Å²) in [5.41, 5.74) is 24.2. The summed E-state index contributed by atoms with van der Waals surface area (Å²) in [6.45, 7) is 9.52. The molecule has 0 aliphatic heterocycles. The van der Waals surface area contributed by atoms with E-state index in [0.29, 0.717) is 0 Å². The molecule has 0 spiro atoms. The van der Waals surface area contributed by atoms with Gasteiger partial charge in [-0.25, -0.2) is 0 Å². The summed E-state index contributed by atoms with van der Waals surface area (Å²) >= 11 is 0. The molecule has 16 rings (SSSR count). The molecule has 88 heavy (non-hydrogen) atoms. The Balaban J connectivity index is 0.609. The first kappa shape index (κ1) is 52.7. The van der Waals surface area contributed by atoms with E-state index in [1.807, 2.05) is 0 Å². The Kier molecular flexibility index (Phi) is 12.6. The zero-order chi connectivity index (χ0) is 59.1. The highest BCUT2D eigenvalue weighted by Crippen LogP contribution is 2.53. The van der Waals surface area contributed by atoms with Crippen LogP contribution in [0, 0.1) is 0 Å². The molecule has 14 aromatic rings. The van der Waals surface area contributed by atoms with Gasteiger partial charge in [0, 0.05) is 45.0 Å². The van der Waals surface area contributed by atoms with Gasteiger partial charge in [-0.1, -0.05) is 270 Å². The molecule has 0 bridgehead atoms. The smallest absolute Gasteiger partial charge is 0.0468 e. The third kappa shape index (κ3) is 9.28. The lowest BCUT2D eigenvalue weighted by Crippen LogP contribution is -2.16. The van der Waals surface area contributed by atoms with E-state index in [9.17, 15) is 0 Å². The van der Waals surface area contributed by atoms with E-state index in [1.165, 1.54) is 121 Å². The minimum atomic E-state index is -0.196. The average molecular weight is 1130 g/mol. The summed E-state index contributed by atoms with van der Waals surface area (Å²) in [5.74, 6) is 0. The first-order chi connectivity index (χ1) is 43.1. The summed E-state index contributed by atoms with van der Waals surface area (Å²) in [4.78, 5) is 4.84. The highest BCUT2D eigenvalue weighted by Gasteiger charge is 2.38. The van der Waals surface area contributed by atoms with Crippen molar-refractivity contribution >= 4 is 102 Å². The van der Waals surface area contributed by atoms with E-state index < -0.39 is 0 Å². The van der Waals surface area contributed by atoms with E-state index in [-0.39, 0.29) is 10.8 Å². The van der Waals surface area contributed by atoms with E-state index in [0.717, 1.165) is 34.1 Å². The van der Waals surface area contributed by atoms with Crippen LogP contribution >= 0.6 is 0 Å². The van der Waals surface area contributed by atoms with Crippen LogP contribution in [0.4, 0.5) is 34.1 Å². The maximum atomic E-state index is 2.43. The molecule has 418 valence electrons. The normalized spacial score (nSPS) is 13.5. The minimum Gasteiger partial charge on any atom is -0.310 e. The molecule has 2 heteroatoms. The first-order valence-electron chi connectivity index (χ1n) is 30.8. The second kappa shape index (κ2) is 21.0. The molecule has 0 amide bonds. The van der Waals surface area contributed by atoms with Gasteiger partial charge in [-0.15, -0.1) is 0 Å². The van der Waals surface area contributed by atoms with Gasteiger partial charge in [-0.05, 0) is 194 Å².